The second kappa shape index (κ2) is 5.87. The summed E-state index contributed by atoms with van der Waals surface area (Å²) in [6, 6.07) is 15.8. The van der Waals surface area contributed by atoms with Gasteiger partial charge in [-0.05, 0) is 18.2 Å². The normalized spacial score (nSPS) is 13.1. The van der Waals surface area contributed by atoms with E-state index in [2.05, 4.69) is 10.9 Å². The highest BCUT2D eigenvalue weighted by atomic mass is 35.5. The summed E-state index contributed by atoms with van der Waals surface area (Å²) in [5, 5.41) is 0.680. The van der Waals surface area contributed by atoms with Crippen LogP contribution in [0.2, 0.25) is 5.02 Å². The SMILES string of the molecule is C#CCN1C=CN=C(c2ccccc2)c2cc(Cl)ccc21. The Hall–Kier alpha value is -2.50. The molecule has 0 radical (unpaired) electrons. The van der Waals surface area contributed by atoms with Crippen molar-refractivity contribution in [3.8, 4) is 12.3 Å². The van der Waals surface area contributed by atoms with Crippen molar-refractivity contribution in [1.82, 2.24) is 0 Å². The molecule has 2 nitrogen and oxygen atoms in total. The smallest absolute Gasteiger partial charge is 0.0835 e. The van der Waals surface area contributed by atoms with E-state index in [1.807, 2.05) is 59.6 Å². The first-order valence-electron chi connectivity index (χ1n) is 6.59. The summed E-state index contributed by atoms with van der Waals surface area (Å²) in [6.07, 6.45) is 9.12. The molecule has 0 fully saturated rings. The lowest BCUT2D eigenvalue weighted by molar-refractivity contribution is 1.11. The first-order valence-corrected chi connectivity index (χ1v) is 6.97. The van der Waals surface area contributed by atoms with Crippen molar-refractivity contribution >= 4 is 23.0 Å². The summed E-state index contributed by atoms with van der Waals surface area (Å²) in [7, 11) is 0. The van der Waals surface area contributed by atoms with Gasteiger partial charge in [-0.3, -0.25) is 4.99 Å². The lowest BCUT2D eigenvalue weighted by Crippen LogP contribution is -2.18. The van der Waals surface area contributed by atoms with Crippen molar-refractivity contribution < 1.29 is 0 Å². The first-order chi connectivity index (χ1) is 10.3. The van der Waals surface area contributed by atoms with E-state index in [1.54, 1.807) is 6.20 Å². The molecule has 0 spiro atoms. The summed E-state index contributed by atoms with van der Waals surface area (Å²) >= 11 is 6.17. The van der Waals surface area contributed by atoms with Gasteiger partial charge in [0.2, 0.25) is 0 Å². The maximum absolute atomic E-state index is 6.17. The molecular weight excluding hydrogens is 280 g/mol. The van der Waals surface area contributed by atoms with Gasteiger partial charge in [0.25, 0.3) is 0 Å². The summed E-state index contributed by atoms with van der Waals surface area (Å²) in [5.41, 5.74) is 3.93. The summed E-state index contributed by atoms with van der Waals surface area (Å²) < 4.78 is 0. The van der Waals surface area contributed by atoms with Gasteiger partial charge in [0.05, 0.1) is 17.9 Å². The van der Waals surface area contributed by atoms with E-state index in [-0.39, 0.29) is 0 Å². The minimum atomic E-state index is 0.489. The van der Waals surface area contributed by atoms with Gasteiger partial charge >= 0.3 is 0 Å². The number of hydrogen-bond acceptors (Lipinski definition) is 2. The molecule has 102 valence electrons. The predicted molar refractivity (Wildman–Crippen MR) is 88.9 cm³/mol. The number of fused-ring (bicyclic) bond motifs is 1. The number of hydrogen-bond donors (Lipinski definition) is 0. The molecule has 0 aromatic heterocycles. The minimum Gasteiger partial charge on any atom is -0.334 e. The molecular formula is C18H13ClN2. The van der Waals surface area contributed by atoms with Crippen molar-refractivity contribution in [2.45, 2.75) is 0 Å². The van der Waals surface area contributed by atoms with Crippen LogP contribution in [0.15, 0.2) is 65.9 Å². The number of rotatable bonds is 2. The van der Waals surface area contributed by atoms with Crippen molar-refractivity contribution in [3.63, 3.8) is 0 Å². The predicted octanol–water partition coefficient (Wildman–Crippen LogP) is 4.10. The Kier molecular flexibility index (Phi) is 3.77. The molecule has 1 aliphatic rings. The van der Waals surface area contributed by atoms with Crippen molar-refractivity contribution in [1.29, 1.82) is 0 Å². The zero-order chi connectivity index (χ0) is 14.7. The molecule has 0 bridgehead atoms. The van der Waals surface area contributed by atoms with E-state index in [4.69, 9.17) is 18.0 Å². The third-order valence-corrected chi connectivity index (χ3v) is 3.52. The topological polar surface area (TPSA) is 15.6 Å². The van der Waals surface area contributed by atoms with Crippen LogP contribution < -0.4 is 4.90 Å². The van der Waals surface area contributed by atoms with E-state index >= 15 is 0 Å². The van der Waals surface area contributed by atoms with E-state index in [0.717, 1.165) is 22.5 Å². The van der Waals surface area contributed by atoms with Crippen LogP contribution in [0, 0.1) is 12.3 Å². The van der Waals surface area contributed by atoms with Crippen LogP contribution in [0.4, 0.5) is 5.69 Å². The molecule has 0 amide bonds. The summed E-state index contributed by atoms with van der Waals surface area (Å²) in [4.78, 5) is 6.57. The zero-order valence-electron chi connectivity index (χ0n) is 11.3. The summed E-state index contributed by atoms with van der Waals surface area (Å²) in [5.74, 6) is 2.67. The lowest BCUT2D eigenvalue weighted by Gasteiger charge is -2.20. The second-order valence-corrected chi connectivity index (χ2v) is 5.07. The molecule has 3 rings (SSSR count). The van der Waals surface area contributed by atoms with Gasteiger partial charge in [-0.25, -0.2) is 0 Å². The molecule has 1 aliphatic heterocycles. The van der Waals surface area contributed by atoms with Crippen LogP contribution >= 0.6 is 11.6 Å². The number of anilines is 1. The van der Waals surface area contributed by atoms with Crippen LogP contribution in [0.3, 0.4) is 0 Å². The Morgan fingerprint density at radius 1 is 1.14 bits per heavy atom. The molecule has 2 aromatic carbocycles. The van der Waals surface area contributed by atoms with Gasteiger partial charge in [-0.2, -0.15) is 0 Å². The molecule has 0 aliphatic carbocycles. The average Bonchev–Trinajstić information content (AvgIpc) is 2.68. The van der Waals surface area contributed by atoms with Gasteiger partial charge in [0.15, 0.2) is 0 Å². The summed E-state index contributed by atoms with van der Waals surface area (Å²) in [6.45, 7) is 0.489. The number of halogens is 1. The van der Waals surface area contributed by atoms with Gasteiger partial charge in [-0.1, -0.05) is 47.9 Å². The first kappa shape index (κ1) is 13.5. The average molecular weight is 293 g/mol. The number of benzene rings is 2. The fraction of sp³-hybridized carbons (Fsp3) is 0.0556. The molecule has 1 heterocycles. The standard InChI is InChI=1S/C18H13ClN2/c1-2-11-21-12-10-20-18(14-6-4-3-5-7-14)16-13-15(19)8-9-17(16)21/h1,3-10,12-13H,11H2. The molecule has 0 saturated heterocycles. The van der Waals surface area contributed by atoms with Gasteiger partial charge in [0, 0.05) is 28.5 Å². The Balaban J connectivity index is 2.18. The van der Waals surface area contributed by atoms with Crippen LogP contribution in [0.25, 0.3) is 0 Å². The van der Waals surface area contributed by atoms with Crippen molar-refractivity contribution in [3.05, 3.63) is 77.1 Å². The maximum Gasteiger partial charge on any atom is 0.0835 e. The highest BCUT2D eigenvalue weighted by Crippen LogP contribution is 2.29. The quantitative estimate of drug-likeness (QED) is 0.761. The van der Waals surface area contributed by atoms with Crippen LogP contribution in [-0.4, -0.2) is 12.3 Å². The maximum atomic E-state index is 6.17. The molecule has 0 atom stereocenters. The van der Waals surface area contributed by atoms with E-state index in [9.17, 15) is 0 Å². The van der Waals surface area contributed by atoms with E-state index in [0.29, 0.717) is 11.6 Å². The Morgan fingerprint density at radius 2 is 1.95 bits per heavy atom. The van der Waals surface area contributed by atoms with Gasteiger partial charge in [0.1, 0.15) is 0 Å². The number of nitrogens with zero attached hydrogens (tertiary/aromatic N) is 2. The Morgan fingerprint density at radius 3 is 2.71 bits per heavy atom. The van der Waals surface area contributed by atoms with E-state index in [1.165, 1.54) is 0 Å². The van der Waals surface area contributed by atoms with Crippen LogP contribution in [0.5, 0.6) is 0 Å². The van der Waals surface area contributed by atoms with Crippen molar-refractivity contribution in [2.75, 3.05) is 11.4 Å². The minimum absolute atomic E-state index is 0.489. The molecule has 21 heavy (non-hydrogen) atoms. The third-order valence-electron chi connectivity index (χ3n) is 3.28. The molecule has 3 heteroatoms. The largest absolute Gasteiger partial charge is 0.334 e. The third kappa shape index (κ3) is 2.69. The monoisotopic (exact) mass is 292 g/mol. The van der Waals surface area contributed by atoms with Crippen LogP contribution in [-0.2, 0) is 0 Å². The second-order valence-electron chi connectivity index (χ2n) is 4.64. The molecule has 0 saturated carbocycles. The van der Waals surface area contributed by atoms with Crippen molar-refractivity contribution in [2.24, 2.45) is 4.99 Å². The Bertz CT molecular complexity index is 755. The van der Waals surface area contributed by atoms with Crippen LogP contribution in [0.1, 0.15) is 11.1 Å². The van der Waals surface area contributed by atoms with Gasteiger partial charge in [-0.15, -0.1) is 6.42 Å². The fourth-order valence-corrected chi connectivity index (χ4v) is 2.52. The Labute approximate surface area is 129 Å². The lowest BCUT2D eigenvalue weighted by atomic mass is 10.00. The molecule has 2 aromatic rings. The van der Waals surface area contributed by atoms with Gasteiger partial charge < -0.3 is 4.90 Å². The molecule has 0 N–H and O–H groups in total. The number of terminal acetylenes is 1. The number of aliphatic imine (C=N–C) groups is 1. The fourth-order valence-electron chi connectivity index (χ4n) is 2.35. The zero-order valence-corrected chi connectivity index (χ0v) is 12.1. The highest BCUT2D eigenvalue weighted by molar-refractivity contribution is 6.31. The molecule has 0 unspecified atom stereocenters. The highest BCUT2D eigenvalue weighted by Gasteiger charge is 2.17. The van der Waals surface area contributed by atoms with E-state index < -0.39 is 0 Å².